The molecule has 0 radical (unpaired) electrons. The van der Waals surface area contributed by atoms with Crippen molar-refractivity contribution < 1.29 is 9.53 Å². The number of hydrogen-bond donors (Lipinski definition) is 1. The summed E-state index contributed by atoms with van der Waals surface area (Å²) in [5.74, 6) is 0.529. The number of ether oxygens (including phenoxy) is 1. The SMILES string of the molecule is Cc1ccc(OCC(=O)NCc2csc(-c3ccc(C)cc3)n2)cc1. The highest BCUT2D eigenvalue weighted by Crippen LogP contribution is 2.23. The summed E-state index contributed by atoms with van der Waals surface area (Å²) in [4.78, 5) is 16.5. The lowest BCUT2D eigenvalue weighted by atomic mass is 10.2. The van der Waals surface area contributed by atoms with E-state index in [2.05, 4.69) is 41.5 Å². The number of nitrogens with zero attached hydrogens (tertiary/aromatic N) is 1. The zero-order valence-electron chi connectivity index (χ0n) is 14.3. The van der Waals surface area contributed by atoms with Crippen LogP contribution in [-0.4, -0.2) is 17.5 Å². The molecule has 0 saturated heterocycles. The van der Waals surface area contributed by atoms with Gasteiger partial charge in [-0.25, -0.2) is 4.98 Å². The maximum absolute atomic E-state index is 11.9. The van der Waals surface area contributed by atoms with Gasteiger partial charge in [0, 0.05) is 10.9 Å². The molecule has 1 N–H and O–H groups in total. The van der Waals surface area contributed by atoms with Crippen LogP contribution in [0.5, 0.6) is 5.75 Å². The van der Waals surface area contributed by atoms with Crippen LogP contribution in [0, 0.1) is 13.8 Å². The van der Waals surface area contributed by atoms with Crippen molar-refractivity contribution in [3.05, 3.63) is 70.7 Å². The molecule has 25 heavy (non-hydrogen) atoms. The fourth-order valence-electron chi connectivity index (χ4n) is 2.24. The quantitative estimate of drug-likeness (QED) is 0.726. The Morgan fingerprint density at radius 1 is 1.04 bits per heavy atom. The number of aromatic nitrogens is 1. The van der Waals surface area contributed by atoms with Gasteiger partial charge in [-0.3, -0.25) is 4.79 Å². The number of benzene rings is 2. The predicted molar refractivity (Wildman–Crippen MR) is 101 cm³/mol. The molecule has 0 atom stereocenters. The van der Waals surface area contributed by atoms with E-state index in [-0.39, 0.29) is 12.5 Å². The summed E-state index contributed by atoms with van der Waals surface area (Å²) >= 11 is 1.58. The minimum atomic E-state index is -0.162. The minimum absolute atomic E-state index is 0.00197. The summed E-state index contributed by atoms with van der Waals surface area (Å²) in [5.41, 5.74) is 4.33. The van der Waals surface area contributed by atoms with E-state index in [0.29, 0.717) is 12.3 Å². The molecule has 0 unspecified atom stereocenters. The lowest BCUT2D eigenvalue weighted by Crippen LogP contribution is -2.28. The molecule has 1 aromatic heterocycles. The maximum atomic E-state index is 11.9. The van der Waals surface area contributed by atoms with Crippen LogP contribution in [0.3, 0.4) is 0 Å². The summed E-state index contributed by atoms with van der Waals surface area (Å²) in [6.45, 7) is 4.47. The predicted octanol–water partition coefficient (Wildman–Crippen LogP) is 4.12. The van der Waals surface area contributed by atoms with Gasteiger partial charge in [-0.15, -0.1) is 11.3 Å². The van der Waals surface area contributed by atoms with E-state index in [1.54, 1.807) is 11.3 Å². The summed E-state index contributed by atoms with van der Waals surface area (Å²) in [6, 6.07) is 15.9. The Morgan fingerprint density at radius 3 is 2.36 bits per heavy atom. The minimum Gasteiger partial charge on any atom is -0.484 e. The Balaban J connectivity index is 1.49. The molecule has 128 valence electrons. The lowest BCUT2D eigenvalue weighted by molar-refractivity contribution is -0.123. The Bertz CT molecular complexity index is 839. The molecular formula is C20H20N2O2S. The maximum Gasteiger partial charge on any atom is 0.258 e. The zero-order chi connectivity index (χ0) is 17.6. The monoisotopic (exact) mass is 352 g/mol. The topological polar surface area (TPSA) is 51.2 Å². The Kier molecular flexibility index (Phi) is 5.46. The Morgan fingerprint density at radius 2 is 1.68 bits per heavy atom. The number of carbonyl (C=O) groups is 1. The molecule has 2 aromatic carbocycles. The van der Waals surface area contributed by atoms with Gasteiger partial charge in [0.1, 0.15) is 10.8 Å². The molecule has 4 nitrogen and oxygen atoms in total. The highest BCUT2D eigenvalue weighted by atomic mass is 32.1. The molecule has 3 aromatic rings. The van der Waals surface area contributed by atoms with E-state index in [1.807, 2.05) is 36.6 Å². The van der Waals surface area contributed by atoms with Gasteiger partial charge in [-0.1, -0.05) is 47.5 Å². The number of thiazole rings is 1. The van der Waals surface area contributed by atoms with Crippen molar-refractivity contribution in [2.45, 2.75) is 20.4 Å². The first-order valence-electron chi connectivity index (χ1n) is 8.08. The first-order valence-corrected chi connectivity index (χ1v) is 8.96. The van der Waals surface area contributed by atoms with Crippen LogP contribution < -0.4 is 10.1 Å². The number of rotatable bonds is 6. The molecule has 0 spiro atoms. The number of aryl methyl sites for hydroxylation is 2. The molecule has 0 saturated carbocycles. The van der Waals surface area contributed by atoms with Crippen LogP contribution in [-0.2, 0) is 11.3 Å². The van der Waals surface area contributed by atoms with Crippen LogP contribution in [0.4, 0.5) is 0 Å². The van der Waals surface area contributed by atoms with Gasteiger partial charge in [-0.05, 0) is 26.0 Å². The van der Waals surface area contributed by atoms with Gasteiger partial charge in [0.15, 0.2) is 6.61 Å². The van der Waals surface area contributed by atoms with Gasteiger partial charge in [0.2, 0.25) is 0 Å². The van der Waals surface area contributed by atoms with Crippen molar-refractivity contribution in [1.29, 1.82) is 0 Å². The van der Waals surface area contributed by atoms with Crippen LogP contribution >= 0.6 is 11.3 Å². The molecule has 0 fully saturated rings. The van der Waals surface area contributed by atoms with Gasteiger partial charge < -0.3 is 10.1 Å². The molecular weight excluding hydrogens is 332 g/mol. The number of nitrogens with one attached hydrogen (secondary N) is 1. The molecule has 1 amide bonds. The smallest absolute Gasteiger partial charge is 0.258 e. The Labute approximate surface area is 151 Å². The molecule has 3 rings (SSSR count). The third kappa shape index (κ3) is 4.90. The number of carbonyl (C=O) groups excluding carboxylic acids is 1. The van der Waals surface area contributed by atoms with Crippen LogP contribution in [0.1, 0.15) is 16.8 Å². The summed E-state index contributed by atoms with van der Waals surface area (Å²) in [6.07, 6.45) is 0. The summed E-state index contributed by atoms with van der Waals surface area (Å²) in [5, 5.41) is 5.76. The van der Waals surface area contributed by atoms with Crippen molar-refractivity contribution in [2.24, 2.45) is 0 Å². The molecule has 1 heterocycles. The van der Waals surface area contributed by atoms with Crippen molar-refractivity contribution in [3.8, 4) is 16.3 Å². The van der Waals surface area contributed by atoms with E-state index >= 15 is 0 Å². The first-order chi connectivity index (χ1) is 12.1. The van der Waals surface area contributed by atoms with Gasteiger partial charge in [-0.2, -0.15) is 0 Å². The third-order valence-corrected chi connectivity index (χ3v) is 4.65. The second-order valence-corrected chi connectivity index (χ2v) is 6.75. The van der Waals surface area contributed by atoms with Crippen molar-refractivity contribution in [1.82, 2.24) is 10.3 Å². The molecule has 5 heteroatoms. The zero-order valence-corrected chi connectivity index (χ0v) is 15.1. The third-order valence-electron chi connectivity index (χ3n) is 3.71. The molecule has 0 aliphatic carbocycles. The first kappa shape index (κ1) is 17.2. The molecule has 0 aliphatic rings. The second kappa shape index (κ2) is 7.94. The second-order valence-electron chi connectivity index (χ2n) is 5.89. The number of hydrogen-bond acceptors (Lipinski definition) is 4. The van der Waals surface area contributed by atoms with Crippen LogP contribution in [0.2, 0.25) is 0 Å². The fourth-order valence-corrected chi connectivity index (χ4v) is 3.07. The average molecular weight is 352 g/mol. The van der Waals surface area contributed by atoms with Gasteiger partial charge in [0.25, 0.3) is 5.91 Å². The van der Waals surface area contributed by atoms with Crippen molar-refractivity contribution in [2.75, 3.05) is 6.61 Å². The number of amides is 1. The highest BCUT2D eigenvalue weighted by Gasteiger charge is 2.07. The van der Waals surface area contributed by atoms with E-state index < -0.39 is 0 Å². The molecule has 0 bridgehead atoms. The van der Waals surface area contributed by atoms with E-state index in [0.717, 1.165) is 21.8 Å². The Hall–Kier alpha value is -2.66. The lowest BCUT2D eigenvalue weighted by Gasteiger charge is -2.06. The van der Waals surface area contributed by atoms with Gasteiger partial charge >= 0.3 is 0 Å². The molecule has 0 aliphatic heterocycles. The average Bonchev–Trinajstić information content (AvgIpc) is 3.09. The van der Waals surface area contributed by atoms with Gasteiger partial charge in [0.05, 0.1) is 12.2 Å². The highest BCUT2D eigenvalue weighted by molar-refractivity contribution is 7.13. The van der Waals surface area contributed by atoms with E-state index in [4.69, 9.17) is 4.74 Å². The summed E-state index contributed by atoms with van der Waals surface area (Å²) < 4.78 is 5.47. The van der Waals surface area contributed by atoms with Crippen molar-refractivity contribution >= 4 is 17.2 Å². The fraction of sp³-hybridized carbons (Fsp3) is 0.200. The van der Waals surface area contributed by atoms with Crippen LogP contribution in [0.15, 0.2) is 53.9 Å². The van der Waals surface area contributed by atoms with E-state index in [1.165, 1.54) is 5.56 Å². The normalized spacial score (nSPS) is 10.5. The largest absolute Gasteiger partial charge is 0.484 e. The van der Waals surface area contributed by atoms with Crippen molar-refractivity contribution in [3.63, 3.8) is 0 Å². The standard InChI is InChI=1S/C20H20N2O2S/c1-14-3-7-16(8-4-14)20-22-17(13-25-20)11-21-19(23)12-24-18-9-5-15(2)6-10-18/h3-10,13H,11-12H2,1-2H3,(H,21,23). The summed E-state index contributed by atoms with van der Waals surface area (Å²) in [7, 11) is 0. The van der Waals surface area contributed by atoms with E-state index in [9.17, 15) is 4.79 Å². The van der Waals surface area contributed by atoms with Crippen LogP contribution in [0.25, 0.3) is 10.6 Å².